The highest BCUT2D eigenvalue weighted by Crippen LogP contribution is 2.26. The lowest BCUT2D eigenvalue weighted by molar-refractivity contribution is -0.155. The monoisotopic (exact) mass is 256 g/mol. The predicted molar refractivity (Wildman–Crippen MR) is 69.3 cm³/mol. The molecular formula is C13H24N2O3. The number of nitrogens with zero attached hydrogens (tertiary/aromatic N) is 2. The normalized spacial score (nSPS) is 22.3. The third-order valence-corrected chi connectivity index (χ3v) is 3.48. The number of carboxylic acids is 1. The molecule has 1 atom stereocenters. The smallest absolute Gasteiger partial charge is 0.320 e. The molecule has 0 bridgehead atoms. The van der Waals surface area contributed by atoms with Gasteiger partial charge >= 0.3 is 5.97 Å². The van der Waals surface area contributed by atoms with E-state index in [0.717, 1.165) is 0 Å². The first kappa shape index (κ1) is 15.0. The summed E-state index contributed by atoms with van der Waals surface area (Å²) in [4.78, 5) is 27.0. The summed E-state index contributed by atoms with van der Waals surface area (Å²) in [6.07, 6.45) is 0.514. The minimum Gasteiger partial charge on any atom is -0.480 e. The second-order valence-electron chi connectivity index (χ2n) is 5.84. The minimum atomic E-state index is -0.848. The van der Waals surface area contributed by atoms with E-state index in [0.29, 0.717) is 13.0 Å². The Morgan fingerprint density at radius 3 is 2.33 bits per heavy atom. The molecule has 18 heavy (non-hydrogen) atoms. The van der Waals surface area contributed by atoms with Gasteiger partial charge in [-0.25, -0.2) is 0 Å². The van der Waals surface area contributed by atoms with Gasteiger partial charge in [0.15, 0.2) is 0 Å². The number of rotatable bonds is 4. The summed E-state index contributed by atoms with van der Waals surface area (Å²) >= 11 is 0. The number of aliphatic carboxylic acids is 1. The van der Waals surface area contributed by atoms with Crippen LogP contribution in [0.5, 0.6) is 0 Å². The van der Waals surface area contributed by atoms with Gasteiger partial charge in [-0.15, -0.1) is 0 Å². The Labute approximate surface area is 109 Å². The van der Waals surface area contributed by atoms with Crippen molar-refractivity contribution in [3.63, 3.8) is 0 Å². The SMILES string of the molecule is CCC(C(=O)O)N1CC(=O)N(C(C)C)C(C)(C)C1. The maximum atomic E-state index is 12.2. The van der Waals surface area contributed by atoms with Gasteiger partial charge in [-0.1, -0.05) is 6.92 Å². The second kappa shape index (κ2) is 5.26. The minimum absolute atomic E-state index is 0.0148. The molecule has 5 heteroatoms. The van der Waals surface area contributed by atoms with Crippen LogP contribution in [0.3, 0.4) is 0 Å². The fourth-order valence-electron chi connectivity index (χ4n) is 3.01. The Balaban J connectivity index is 2.93. The lowest BCUT2D eigenvalue weighted by Gasteiger charge is -2.50. The van der Waals surface area contributed by atoms with Crippen LogP contribution in [0.25, 0.3) is 0 Å². The van der Waals surface area contributed by atoms with Gasteiger partial charge in [0.25, 0.3) is 0 Å². The third kappa shape index (κ3) is 2.83. The fraction of sp³-hybridized carbons (Fsp3) is 0.846. The van der Waals surface area contributed by atoms with Crippen molar-refractivity contribution < 1.29 is 14.7 Å². The zero-order valence-corrected chi connectivity index (χ0v) is 11.9. The molecule has 0 aromatic heterocycles. The van der Waals surface area contributed by atoms with Gasteiger partial charge < -0.3 is 10.0 Å². The predicted octanol–water partition coefficient (Wildman–Crippen LogP) is 1.18. The van der Waals surface area contributed by atoms with Crippen molar-refractivity contribution in [2.75, 3.05) is 13.1 Å². The van der Waals surface area contributed by atoms with Crippen molar-refractivity contribution in [3.05, 3.63) is 0 Å². The van der Waals surface area contributed by atoms with Gasteiger partial charge in [0.05, 0.1) is 12.1 Å². The van der Waals surface area contributed by atoms with Gasteiger partial charge in [0.2, 0.25) is 5.91 Å². The maximum Gasteiger partial charge on any atom is 0.320 e. The number of carbonyl (C=O) groups excluding carboxylic acids is 1. The number of amides is 1. The summed E-state index contributed by atoms with van der Waals surface area (Å²) in [5.41, 5.74) is -0.327. The van der Waals surface area contributed by atoms with E-state index >= 15 is 0 Å². The van der Waals surface area contributed by atoms with E-state index in [1.165, 1.54) is 0 Å². The molecular weight excluding hydrogens is 232 g/mol. The van der Waals surface area contributed by atoms with E-state index in [2.05, 4.69) is 0 Å². The zero-order valence-electron chi connectivity index (χ0n) is 11.9. The summed E-state index contributed by atoms with van der Waals surface area (Å²) in [5, 5.41) is 9.19. The van der Waals surface area contributed by atoms with Crippen molar-refractivity contribution >= 4 is 11.9 Å². The molecule has 1 unspecified atom stereocenters. The van der Waals surface area contributed by atoms with Crippen LogP contribution in [-0.4, -0.2) is 57.5 Å². The first-order chi connectivity index (χ1) is 8.20. The van der Waals surface area contributed by atoms with Crippen LogP contribution < -0.4 is 0 Å². The quantitative estimate of drug-likeness (QED) is 0.820. The van der Waals surface area contributed by atoms with E-state index in [-0.39, 0.29) is 24.0 Å². The van der Waals surface area contributed by atoms with Crippen LogP contribution in [0, 0.1) is 0 Å². The Morgan fingerprint density at radius 1 is 1.44 bits per heavy atom. The molecule has 104 valence electrons. The number of hydrogen-bond donors (Lipinski definition) is 1. The summed E-state index contributed by atoms with van der Waals surface area (Å²) in [6.45, 7) is 10.6. The van der Waals surface area contributed by atoms with Crippen molar-refractivity contribution in [2.45, 2.75) is 58.7 Å². The highest BCUT2D eigenvalue weighted by atomic mass is 16.4. The highest BCUT2D eigenvalue weighted by molar-refractivity contribution is 5.82. The van der Waals surface area contributed by atoms with Crippen LogP contribution >= 0.6 is 0 Å². The number of hydrogen-bond acceptors (Lipinski definition) is 3. The largest absolute Gasteiger partial charge is 0.480 e. The molecule has 0 aliphatic carbocycles. The van der Waals surface area contributed by atoms with Gasteiger partial charge in [0, 0.05) is 12.6 Å². The van der Waals surface area contributed by atoms with Gasteiger partial charge in [0.1, 0.15) is 6.04 Å². The molecule has 1 aliphatic rings. The van der Waals surface area contributed by atoms with Crippen LogP contribution in [0.4, 0.5) is 0 Å². The van der Waals surface area contributed by atoms with Crippen molar-refractivity contribution in [2.24, 2.45) is 0 Å². The number of piperazine rings is 1. The van der Waals surface area contributed by atoms with Gasteiger partial charge in [-0.3, -0.25) is 14.5 Å². The van der Waals surface area contributed by atoms with E-state index in [1.54, 1.807) is 4.90 Å². The van der Waals surface area contributed by atoms with Crippen LogP contribution in [0.15, 0.2) is 0 Å². The molecule has 0 spiro atoms. The molecule has 1 aliphatic heterocycles. The molecule has 1 fully saturated rings. The number of carboxylic acid groups (broad SMARTS) is 1. The number of carbonyl (C=O) groups is 2. The summed E-state index contributed by atoms with van der Waals surface area (Å²) in [7, 11) is 0. The molecule has 0 radical (unpaired) electrons. The topological polar surface area (TPSA) is 60.9 Å². The Bertz CT molecular complexity index is 339. The second-order valence-corrected chi connectivity index (χ2v) is 5.84. The van der Waals surface area contributed by atoms with Crippen molar-refractivity contribution in [1.82, 2.24) is 9.80 Å². The molecule has 0 saturated carbocycles. The summed E-state index contributed by atoms with van der Waals surface area (Å²) in [5.74, 6) is -0.833. The van der Waals surface area contributed by atoms with E-state index < -0.39 is 12.0 Å². The van der Waals surface area contributed by atoms with Crippen LogP contribution in [0.2, 0.25) is 0 Å². The van der Waals surface area contributed by atoms with Crippen molar-refractivity contribution in [1.29, 1.82) is 0 Å². The lowest BCUT2D eigenvalue weighted by atomic mass is 9.95. The molecule has 5 nitrogen and oxygen atoms in total. The lowest BCUT2D eigenvalue weighted by Crippen LogP contribution is -2.66. The van der Waals surface area contributed by atoms with Crippen molar-refractivity contribution in [3.8, 4) is 0 Å². The molecule has 0 aromatic carbocycles. The molecule has 0 aromatic rings. The van der Waals surface area contributed by atoms with Crippen LogP contribution in [-0.2, 0) is 9.59 Å². The van der Waals surface area contributed by atoms with Gasteiger partial charge in [-0.2, -0.15) is 0 Å². The Morgan fingerprint density at radius 2 is 2.00 bits per heavy atom. The zero-order chi connectivity index (χ0) is 14.1. The Kier molecular flexibility index (Phi) is 4.37. The van der Waals surface area contributed by atoms with Crippen LogP contribution in [0.1, 0.15) is 41.0 Å². The molecule has 1 heterocycles. The third-order valence-electron chi connectivity index (χ3n) is 3.48. The molecule has 1 rings (SSSR count). The van der Waals surface area contributed by atoms with E-state index in [4.69, 9.17) is 0 Å². The fourth-order valence-corrected chi connectivity index (χ4v) is 3.01. The maximum absolute atomic E-state index is 12.2. The summed E-state index contributed by atoms with van der Waals surface area (Å²) < 4.78 is 0. The first-order valence-electron chi connectivity index (χ1n) is 6.49. The summed E-state index contributed by atoms with van der Waals surface area (Å²) in [6, 6.07) is -0.429. The van der Waals surface area contributed by atoms with E-state index in [9.17, 15) is 14.7 Å². The standard InChI is InChI=1S/C13H24N2O3/c1-6-10(12(17)18)14-7-11(16)15(9(2)3)13(4,5)8-14/h9-10H,6-8H2,1-5H3,(H,17,18). The molecule has 1 saturated heterocycles. The first-order valence-corrected chi connectivity index (χ1v) is 6.49. The van der Waals surface area contributed by atoms with E-state index in [1.807, 2.05) is 39.5 Å². The molecule has 1 amide bonds. The Hall–Kier alpha value is -1.10. The average molecular weight is 256 g/mol. The van der Waals surface area contributed by atoms with Gasteiger partial charge in [-0.05, 0) is 34.1 Å². The highest BCUT2D eigenvalue weighted by Gasteiger charge is 2.42. The molecule has 1 N–H and O–H groups in total. The average Bonchev–Trinajstić information content (AvgIpc) is 2.13.